The quantitative estimate of drug-likeness (QED) is 0.597. The molecule has 4 nitrogen and oxygen atoms in total. The molecule has 118 valence electrons. The van der Waals surface area contributed by atoms with Gasteiger partial charge in [0.15, 0.2) is 0 Å². The number of hydrogen-bond acceptors (Lipinski definition) is 3. The molecular weight excluding hydrogens is 288 g/mol. The molecule has 5 heteroatoms. The van der Waals surface area contributed by atoms with Gasteiger partial charge in [0.1, 0.15) is 11.3 Å². The third kappa shape index (κ3) is 3.32. The van der Waals surface area contributed by atoms with E-state index in [0.29, 0.717) is 17.3 Å². The molecule has 1 fully saturated rings. The molecule has 0 N–H and O–H groups in total. The van der Waals surface area contributed by atoms with E-state index in [2.05, 4.69) is 5.10 Å². The van der Waals surface area contributed by atoms with Gasteiger partial charge in [-0.3, -0.25) is 9.48 Å². The minimum Gasteiger partial charge on any atom is -0.367 e. The molecule has 0 unspecified atom stereocenters. The van der Waals surface area contributed by atoms with Gasteiger partial charge in [-0.1, -0.05) is 37.3 Å². The number of carbonyl (C=O) groups is 1. The fourth-order valence-electron chi connectivity index (χ4n) is 3.17. The molecule has 2 rings (SSSR count). The summed E-state index contributed by atoms with van der Waals surface area (Å²) < 4.78 is 7.70. The molecule has 1 aliphatic rings. The fourth-order valence-corrected chi connectivity index (χ4v) is 3.39. The molecule has 1 saturated carbocycles. The normalized spacial score (nSPS) is 18.7. The van der Waals surface area contributed by atoms with Gasteiger partial charge in [0.05, 0.1) is 11.2 Å². The first kappa shape index (κ1) is 16.5. The summed E-state index contributed by atoms with van der Waals surface area (Å²) in [6.07, 6.45) is 7.50. The Hall–Kier alpha value is -0.870. The van der Waals surface area contributed by atoms with E-state index in [0.717, 1.165) is 25.7 Å². The zero-order valence-corrected chi connectivity index (χ0v) is 13.9. The molecular formula is C16H25ClN2O2. The molecule has 0 amide bonds. The van der Waals surface area contributed by atoms with Crippen LogP contribution in [0, 0.1) is 0 Å². The Labute approximate surface area is 131 Å². The summed E-state index contributed by atoms with van der Waals surface area (Å²) in [5.74, 6) is 0.00227. The number of halogens is 1. The molecule has 0 radical (unpaired) electrons. The highest BCUT2D eigenvalue weighted by atomic mass is 35.5. The van der Waals surface area contributed by atoms with Crippen molar-refractivity contribution in [3.63, 3.8) is 0 Å². The van der Waals surface area contributed by atoms with Crippen molar-refractivity contribution >= 4 is 17.4 Å². The largest absolute Gasteiger partial charge is 0.367 e. The maximum Gasteiger partial charge on any atom is 0.214 e. The summed E-state index contributed by atoms with van der Waals surface area (Å²) in [6, 6.07) is 0.0981. The second-order valence-electron chi connectivity index (χ2n) is 6.05. The van der Waals surface area contributed by atoms with E-state index in [1.807, 2.05) is 20.8 Å². The summed E-state index contributed by atoms with van der Waals surface area (Å²) in [5, 5.41) is 4.68. The minimum atomic E-state index is -0.721. The number of carbonyl (C=O) groups excluding carboxylic acids is 1. The van der Waals surface area contributed by atoms with Gasteiger partial charge in [-0.15, -0.1) is 0 Å². The van der Waals surface area contributed by atoms with Crippen LogP contribution in [0.25, 0.3) is 0 Å². The number of rotatable bonds is 5. The minimum absolute atomic E-state index is 0.00227. The van der Waals surface area contributed by atoms with E-state index >= 15 is 0 Å². The van der Waals surface area contributed by atoms with E-state index < -0.39 is 5.60 Å². The van der Waals surface area contributed by atoms with Gasteiger partial charge in [-0.05, 0) is 33.6 Å². The maximum absolute atomic E-state index is 13.2. The highest BCUT2D eigenvalue weighted by Crippen LogP contribution is 2.35. The molecule has 1 aliphatic carbocycles. The number of Topliss-reactive ketones (excluding diaryl/α,β-unsaturated/α-hetero) is 1. The molecule has 1 heterocycles. The Morgan fingerprint density at radius 2 is 2.00 bits per heavy atom. The van der Waals surface area contributed by atoms with Gasteiger partial charge in [0.2, 0.25) is 5.78 Å². The molecule has 0 saturated heterocycles. The topological polar surface area (TPSA) is 44.1 Å². The highest BCUT2D eigenvalue weighted by molar-refractivity contribution is 6.34. The number of ketones is 1. The van der Waals surface area contributed by atoms with Crippen molar-refractivity contribution in [1.82, 2.24) is 9.78 Å². The first-order valence-corrected chi connectivity index (χ1v) is 8.31. The lowest BCUT2D eigenvalue weighted by atomic mass is 9.87. The smallest absolute Gasteiger partial charge is 0.214 e. The first-order valence-electron chi connectivity index (χ1n) is 7.93. The Morgan fingerprint density at radius 1 is 1.38 bits per heavy atom. The number of aromatic nitrogens is 2. The summed E-state index contributed by atoms with van der Waals surface area (Å²) in [4.78, 5) is 13.2. The molecule has 1 aromatic rings. The summed E-state index contributed by atoms with van der Waals surface area (Å²) in [7, 11) is 0. The van der Waals surface area contributed by atoms with Crippen molar-refractivity contribution in [3.05, 3.63) is 16.9 Å². The van der Waals surface area contributed by atoms with E-state index in [1.54, 1.807) is 10.9 Å². The predicted octanol–water partition coefficient (Wildman–Crippen LogP) is 4.43. The molecule has 21 heavy (non-hydrogen) atoms. The maximum atomic E-state index is 13.2. The zero-order chi connectivity index (χ0) is 15.5. The van der Waals surface area contributed by atoms with Crippen molar-refractivity contribution < 1.29 is 9.53 Å². The van der Waals surface area contributed by atoms with Crippen molar-refractivity contribution in [1.29, 1.82) is 0 Å². The van der Waals surface area contributed by atoms with Crippen LogP contribution in [0.2, 0.25) is 5.02 Å². The van der Waals surface area contributed by atoms with Crippen LogP contribution in [0.1, 0.15) is 75.8 Å². The predicted molar refractivity (Wildman–Crippen MR) is 84.0 cm³/mol. The van der Waals surface area contributed by atoms with Crippen LogP contribution in [0.15, 0.2) is 6.20 Å². The van der Waals surface area contributed by atoms with Crippen molar-refractivity contribution in [3.8, 4) is 0 Å². The number of nitrogens with zero attached hydrogens (tertiary/aromatic N) is 2. The lowest BCUT2D eigenvalue weighted by Crippen LogP contribution is -2.42. The van der Waals surface area contributed by atoms with Crippen LogP contribution in [-0.2, 0) is 4.74 Å². The Morgan fingerprint density at radius 3 is 2.52 bits per heavy atom. The van der Waals surface area contributed by atoms with Gasteiger partial charge < -0.3 is 4.74 Å². The van der Waals surface area contributed by atoms with Gasteiger partial charge in [-0.2, -0.15) is 5.10 Å². The number of ether oxygens (including phenoxy) is 1. The number of hydrogen-bond donors (Lipinski definition) is 0. The lowest BCUT2D eigenvalue weighted by molar-refractivity contribution is -0.0299. The van der Waals surface area contributed by atoms with Crippen molar-refractivity contribution in [2.75, 3.05) is 6.61 Å². The van der Waals surface area contributed by atoms with Gasteiger partial charge in [0.25, 0.3) is 0 Å². The Bertz CT molecular complexity index is 488. The second-order valence-corrected chi connectivity index (χ2v) is 6.46. The van der Waals surface area contributed by atoms with Crippen molar-refractivity contribution in [2.24, 2.45) is 0 Å². The van der Waals surface area contributed by atoms with Gasteiger partial charge in [-0.25, -0.2) is 0 Å². The van der Waals surface area contributed by atoms with Crippen LogP contribution >= 0.6 is 11.6 Å². The summed E-state index contributed by atoms with van der Waals surface area (Å²) >= 11 is 6.25. The monoisotopic (exact) mass is 312 g/mol. The third-order valence-electron chi connectivity index (χ3n) is 4.20. The van der Waals surface area contributed by atoms with Crippen LogP contribution in [-0.4, -0.2) is 27.8 Å². The van der Waals surface area contributed by atoms with Crippen LogP contribution < -0.4 is 0 Å². The standard InChI is InChI=1S/C16H25ClN2O2/c1-4-21-16(9-7-5-6-8-10-16)15(20)14-13(17)11-18-19(14)12(2)3/h11-12H,4-10H2,1-3H3. The molecule has 1 aromatic heterocycles. The van der Waals surface area contributed by atoms with Crippen LogP contribution in [0.3, 0.4) is 0 Å². The van der Waals surface area contributed by atoms with Gasteiger partial charge in [0, 0.05) is 12.6 Å². The summed E-state index contributed by atoms with van der Waals surface area (Å²) in [5.41, 5.74) is -0.219. The van der Waals surface area contributed by atoms with Crippen LogP contribution in [0.5, 0.6) is 0 Å². The molecule has 0 spiro atoms. The van der Waals surface area contributed by atoms with Gasteiger partial charge >= 0.3 is 0 Å². The van der Waals surface area contributed by atoms with E-state index in [9.17, 15) is 4.79 Å². The lowest BCUT2D eigenvalue weighted by Gasteiger charge is -2.31. The Kier molecular flexibility index (Phi) is 5.44. The Balaban J connectivity index is 2.40. The van der Waals surface area contributed by atoms with Crippen LogP contribution in [0.4, 0.5) is 0 Å². The third-order valence-corrected chi connectivity index (χ3v) is 4.48. The second kappa shape index (κ2) is 6.93. The zero-order valence-electron chi connectivity index (χ0n) is 13.2. The molecule has 0 aliphatic heterocycles. The van der Waals surface area contributed by atoms with Crippen molar-refractivity contribution in [2.45, 2.75) is 70.9 Å². The SMILES string of the molecule is CCOC1(C(=O)c2c(Cl)cnn2C(C)C)CCCCCC1. The fraction of sp³-hybridized carbons (Fsp3) is 0.750. The van der Waals surface area contributed by atoms with E-state index in [1.165, 1.54) is 12.8 Å². The average molecular weight is 313 g/mol. The highest BCUT2D eigenvalue weighted by Gasteiger charge is 2.42. The molecule has 0 atom stereocenters. The molecule has 0 aromatic carbocycles. The van der Waals surface area contributed by atoms with E-state index in [-0.39, 0.29) is 11.8 Å². The first-order chi connectivity index (χ1) is 10.0. The molecule has 0 bridgehead atoms. The summed E-state index contributed by atoms with van der Waals surface area (Å²) in [6.45, 7) is 6.49. The van der Waals surface area contributed by atoms with E-state index in [4.69, 9.17) is 16.3 Å². The average Bonchev–Trinajstić information content (AvgIpc) is 2.68.